The number of nitrogens with zero attached hydrogens (tertiary/aromatic N) is 2. The van der Waals surface area contributed by atoms with Gasteiger partial charge in [0, 0.05) is 37.3 Å². The fraction of sp³-hybridized carbons (Fsp3) is 0.304. The lowest BCUT2D eigenvalue weighted by molar-refractivity contribution is 0.0787. The molecule has 0 spiro atoms. The van der Waals surface area contributed by atoms with Crippen LogP contribution in [0.5, 0.6) is 5.75 Å². The summed E-state index contributed by atoms with van der Waals surface area (Å²) in [5.74, 6) is 0.289. The number of thiazole rings is 1. The van der Waals surface area contributed by atoms with Crippen LogP contribution < -0.4 is 4.74 Å². The zero-order valence-electron chi connectivity index (χ0n) is 17.4. The molecule has 7 nitrogen and oxygen atoms in total. The van der Waals surface area contributed by atoms with E-state index in [1.165, 1.54) is 18.3 Å². The average Bonchev–Trinajstić information content (AvgIpc) is 3.52. The van der Waals surface area contributed by atoms with E-state index in [9.17, 15) is 14.4 Å². The predicted molar refractivity (Wildman–Crippen MR) is 118 cm³/mol. The fourth-order valence-corrected chi connectivity index (χ4v) is 4.51. The lowest BCUT2D eigenvalue weighted by Gasteiger charge is -2.13. The number of benzene rings is 1. The van der Waals surface area contributed by atoms with Gasteiger partial charge in [0.1, 0.15) is 16.5 Å². The molecule has 8 heteroatoms. The van der Waals surface area contributed by atoms with E-state index in [-0.39, 0.29) is 24.1 Å². The summed E-state index contributed by atoms with van der Waals surface area (Å²) in [6, 6.07) is 8.83. The molecule has 1 aliphatic rings. The molecule has 1 aliphatic heterocycles. The van der Waals surface area contributed by atoms with Gasteiger partial charge >= 0.3 is 0 Å². The van der Waals surface area contributed by atoms with Crippen molar-refractivity contribution < 1.29 is 19.1 Å². The fourth-order valence-electron chi connectivity index (χ4n) is 3.54. The Balaban J connectivity index is 1.36. The number of rotatable bonds is 7. The summed E-state index contributed by atoms with van der Waals surface area (Å²) in [7, 11) is 0. The topological polar surface area (TPSA) is 92.4 Å². The second-order valence-electron chi connectivity index (χ2n) is 7.53. The predicted octanol–water partition coefficient (Wildman–Crippen LogP) is 4.15. The summed E-state index contributed by atoms with van der Waals surface area (Å²) in [6.07, 6.45) is 3.59. The molecule has 1 aromatic carbocycles. The molecule has 1 amide bonds. The minimum absolute atomic E-state index is 0.00904. The van der Waals surface area contributed by atoms with Crippen molar-refractivity contribution in [1.29, 1.82) is 0 Å². The van der Waals surface area contributed by atoms with Gasteiger partial charge in [-0.3, -0.25) is 14.4 Å². The van der Waals surface area contributed by atoms with Crippen LogP contribution in [0.3, 0.4) is 0 Å². The molecule has 0 saturated carbocycles. The summed E-state index contributed by atoms with van der Waals surface area (Å²) < 4.78 is 5.62. The Kier molecular flexibility index (Phi) is 5.99. The van der Waals surface area contributed by atoms with Crippen molar-refractivity contribution in [2.75, 3.05) is 19.7 Å². The summed E-state index contributed by atoms with van der Waals surface area (Å²) in [5.41, 5.74) is 2.47. The van der Waals surface area contributed by atoms with Crippen LogP contribution >= 0.6 is 11.3 Å². The molecule has 0 unspecified atom stereocenters. The first-order valence-electron chi connectivity index (χ1n) is 10.1. The number of nitrogens with one attached hydrogen (secondary N) is 1. The molecule has 0 aliphatic carbocycles. The van der Waals surface area contributed by atoms with E-state index in [2.05, 4.69) is 9.97 Å². The number of carbonyl (C=O) groups excluding carboxylic acids is 3. The van der Waals surface area contributed by atoms with Gasteiger partial charge in [0.15, 0.2) is 12.4 Å². The molecule has 1 fully saturated rings. The van der Waals surface area contributed by atoms with Gasteiger partial charge in [0.2, 0.25) is 5.78 Å². The van der Waals surface area contributed by atoms with Gasteiger partial charge in [-0.1, -0.05) is 0 Å². The van der Waals surface area contributed by atoms with Gasteiger partial charge in [-0.15, -0.1) is 11.3 Å². The SMILES string of the molecule is CC(=O)c1sc(-c2ccc(OCC(=O)c3c[nH]c(C(=O)N4CCCC4)c3)cc2)nc1C. The van der Waals surface area contributed by atoms with Crippen molar-refractivity contribution >= 4 is 28.8 Å². The highest BCUT2D eigenvalue weighted by molar-refractivity contribution is 7.17. The van der Waals surface area contributed by atoms with Crippen molar-refractivity contribution in [3.8, 4) is 16.3 Å². The molecule has 31 heavy (non-hydrogen) atoms. The van der Waals surface area contributed by atoms with Crippen molar-refractivity contribution in [1.82, 2.24) is 14.9 Å². The third-order valence-corrected chi connectivity index (χ3v) is 6.52. The number of ether oxygens (including phenoxy) is 1. The number of aryl methyl sites for hydroxylation is 1. The van der Waals surface area contributed by atoms with Crippen molar-refractivity contribution in [3.05, 3.63) is 58.4 Å². The average molecular weight is 438 g/mol. The van der Waals surface area contributed by atoms with Crippen molar-refractivity contribution in [3.63, 3.8) is 0 Å². The molecule has 1 saturated heterocycles. The lowest BCUT2D eigenvalue weighted by Crippen LogP contribution is -2.27. The van der Waals surface area contributed by atoms with Gasteiger partial charge in [0.25, 0.3) is 5.91 Å². The number of H-pyrrole nitrogens is 1. The number of hydrogen-bond donors (Lipinski definition) is 1. The number of hydrogen-bond acceptors (Lipinski definition) is 6. The normalized spacial score (nSPS) is 13.4. The standard InChI is InChI=1S/C23H23N3O4S/c1-14-21(15(2)27)31-22(25-14)16-5-7-18(8-6-16)30-13-20(28)17-11-19(24-12-17)23(29)26-9-3-4-10-26/h5-8,11-12,24H,3-4,9-10,13H2,1-2H3. The largest absolute Gasteiger partial charge is 0.485 e. The second-order valence-corrected chi connectivity index (χ2v) is 8.53. The molecule has 4 rings (SSSR count). The maximum absolute atomic E-state index is 12.5. The third-order valence-electron chi connectivity index (χ3n) is 5.22. The highest BCUT2D eigenvalue weighted by Crippen LogP contribution is 2.29. The molecule has 1 N–H and O–H groups in total. The molecule has 3 aromatic rings. The Morgan fingerprint density at radius 3 is 2.52 bits per heavy atom. The molecule has 0 atom stereocenters. The summed E-state index contributed by atoms with van der Waals surface area (Å²) in [5, 5.41) is 0.771. The van der Waals surface area contributed by atoms with E-state index in [0.717, 1.165) is 42.2 Å². The highest BCUT2D eigenvalue weighted by Gasteiger charge is 2.22. The Bertz CT molecular complexity index is 1120. The third kappa shape index (κ3) is 4.59. The van der Waals surface area contributed by atoms with E-state index in [1.807, 2.05) is 19.1 Å². The van der Waals surface area contributed by atoms with Gasteiger partial charge in [-0.25, -0.2) is 4.98 Å². The maximum atomic E-state index is 12.5. The van der Waals surface area contributed by atoms with E-state index >= 15 is 0 Å². The lowest BCUT2D eigenvalue weighted by atomic mass is 10.2. The Morgan fingerprint density at radius 1 is 1.16 bits per heavy atom. The van der Waals surface area contributed by atoms with E-state index < -0.39 is 0 Å². The first kappa shape index (κ1) is 21.0. The van der Waals surface area contributed by atoms with Crippen LogP contribution in [0, 0.1) is 6.92 Å². The van der Waals surface area contributed by atoms with E-state index in [1.54, 1.807) is 29.3 Å². The quantitative estimate of drug-likeness (QED) is 0.561. The Hall–Kier alpha value is -3.26. The zero-order valence-corrected chi connectivity index (χ0v) is 18.3. The number of amides is 1. The Labute approximate surface area is 184 Å². The first-order valence-corrected chi connectivity index (χ1v) is 11.0. The zero-order chi connectivity index (χ0) is 22.0. The number of ketones is 2. The molecule has 0 bridgehead atoms. The van der Waals surface area contributed by atoms with Gasteiger partial charge in [-0.05, 0) is 50.1 Å². The molecule has 2 aromatic heterocycles. The van der Waals surface area contributed by atoms with E-state index in [4.69, 9.17) is 4.74 Å². The Morgan fingerprint density at radius 2 is 1.87 bits per heavy atom. The first-order chi connectivity index (χ1) is 14.9. The summed E-state index contributed by atoms with van der Waals surface area (Å²) in [4.78, 5) is 46.3. The van der Waals surface area contributed by atoms with Crippen LogP contribution in [0.15, 0.2) is 36.5 Å². The number of aromatic nitrogens is 2. The second kappa shape index (κ2) is 8.85. The molecule has 3 heterocycles. The van der Waals surface area contributed by atoms with Crippen molar-refractivity contribution in [2.45, 2.75) is 26.7 Å². The number of likely N-dealkylation sites (tertiary alicyclic amines) is 1. The van der Waals surface area contributed by atoms with Crippen molar-refractivity contribution in [2.24, 2.45) is 0 Å². The summed E-state index contributed by atoms with van der Waals surface area (Å²) in [6.45, 7) is 4.76. The molecule has 0 radical (unpaired) electrons. The minimum Gasteiger partial charge on any atom is -0.485 e. The number of Topliss-reactive ketones (excluding diaryl/α,β-unsaturated/α-hetero) is 2. The summed E-state index contributed by atoms with van der Waals surface area (Å²) >= 11 is 1.37. The van der Waals surface area contributed by atoms with Crippen LogP contribution in [0.1, 0.15) is 56.0 Å². The van der Waals surface area contributed by atoms with Crippen LogP contribution in [-0.4, -0.2) is 52.0 Å². The number of aromatic amines is 1. The smallest absolute Gasteiger partial charge is 0.270 e. The van der Waals surface area contributed by atoms with Crippen LogP contribution in [0.25, 0.3) is 10.6 Å². The molecule has 160 valence electrons. The van der Waals surface area contributed by atoms with Crippen LogP contribution in [0.2, 0.25) is 0 Å². The number of carbonyl (C=O) groups is 3. The maximum Gasteiger partial charge on any atom is 0.270 e. The van der Waals surface area contributed by atoms with E-state index in [0.29, 0.717) is 21.9 Å². The van der Waals surface area contributed by atoms with Gasteiger partial charge in [0.05, 0.1) is 10.6 Å². The van der Waals surface area contributed by atoms with Crippen LogP contribution in [-0.2, 0) is 0 Å². The highest BCUT2D eigenvalue weighted by atomic mass is 32.1. The molecular weight excluding hydrogens is 414 g/mol. The van der Waals surface area contributed by atoms with Gasteiger partial charge in [-0.2, -0.15) is 0 Å². The van der Waals surface area contributed by atoms with Crippen LogP contribution in [0.4, 0.5) is 0 Å². The monoisotopic (exact) mass is 437 g/mol. The minimum atomic E-state index is -0.206. The molecular formula is C23H23N3O4S. The van der Waals surface area contributed by atoms with Gasteiger partial charge < -0.3 is 14.6 Å².